The molecule has 1 aromatic heterocycles. The normalized spacial score (nSPS) is 37.0. The minimum atomic E-state index is -4.76. The largest absolute Gasteiger partial charge is 0.394 e. The van der Waals surface area contributed by atoms with Crippen LogP contribution in [0.2, 0.25) is 0 Å². The Morgan fingerprint density at radius 2 is 2.09 bits per heavy atom. The number of nitrogens with two attached hydrogens (primary N) is 1. The molecule has 2 aliphatic heterocycles. The van der Waals surface area contributed by atoms with Gasteiger partial charge < -0.3 is 34.8 Å². The second-order valence-corrected chi connectivity index (χ2v) is 7.30. The van der Waals surface area contributed by atoms with Gasteiger partial charge in [0.15, 0.2) is 6.23 Å². The Morgan fingerprint density at radius 3 is 2.65 bits per heavy atom. The van der Waals surface area contributed by atoms with Crippen LogP contribution in [0.4, 0.5) is 5.82 Å². The van der Waals surface area contributed by atoms with Crippen molar-refractivity contribution in [3.8, 4) is 0 Å². The summed E-state index contributed by atoms with van der Waals surface area (Å²) < 4.78 is 28.9. The number of hydrogen-bond acceptors (Lipinski definition) is 8. The molecule has 0 aromatic carbocycles. The van der Waals surface area contributed by atoms with Crippen LogP contribution >= 0.6 is 7.60 Å². The molecule has 5 N–H and O–H groups in total. The lowest BCUT2D eigenvalue weighted by molar-refractivity contribution is -0.175. The Morgan fingerprint density at radius 1 is 1.43 bits per heavy atom. The van der Waals surface area contributed by atoms with E-state index in [0.29, 0.717) is 0 Å². The van der Waals surface area contributed by atoms with Crippen LogP contribution in [0.25, 0.3) is 0 Å². The second kappa shape index (κ2) is 5.35. The van der Waals surface area contributed by atoms with Crippen LogP contribution in [0.3, 0.4) is 0 Å². The number of hydrogen-bond donors (Lipinski definition) is 4. The molecule has 2 aliphatic rings. The van der Waals surface area contributed by atoms with Crippen LogP contribution in [0, 0.1) is 0 Å². The van der Waals surface area contributed by atoms with Crippen LogP contribution in [0.15, 0.2) is 17.1 Å². The summed E-state index contributed by atoms with van der Waals surface area (Å²) in [6.45, 7) is 0.622. The highest BCUT2D eigenvalue weighted by molar-refractivity contribution is 7.53. The Bertz CT molecular complexity index is 719. The number of fused-ring (bicyclic) bond motifs is 1. The molecule has 2 fully saturated rings. The van der Waals surface area contributed by atoms with Crippen LogP contribution in [-0.2, 0) is 18.8 Å². The van der Waals surface area contributed by atoms with E-state index in [-0.39, 0.29) is 5.82 Å². The molecule has 5 atom stereocenters. The molecule has 3 heterocycles. The molecule has 12 heteroatoms. The number of nitrogens with zero attached hydrogens (tertiary/aromatic N) is 2. The van der Waals surface area contributed by atoms with Gasteiger partial charge in [-0.25, -0.2) is 4.79 Å². The number of rotatable bonds is 3. The van der Waals surface area contributed by atoms with Crippen molar-refractivity contribution in [3.63, 3.8) is 0 Å². The van der Waals surface area contributed by atoms with Crippen molar-refractivity contribution < 1.29 is 33.7 Å². The fourth-order valence-electron chi connectivity index (χ4n) is 2.64. The lowest BCUT2D eigenvalue weighted by Crippen LogP contribution is -2.35. The third-order valence-corrected chi connectivity index (χ3v) is 5.10. The Hall–Kier alpha value is -1.33. The molecule has 0 aliphatic carbocycles. The standard InChI is InChI=1S/C11H16N3O8P/c1-11(23(17,18)19)21-7-5(4-15)20-9(8(7)22-11)14-3-2-6(12)13-10(14)16/h2-3,5,7-9,15H,4H2,1H3,(H2,12,13,16)(H2,17,18,19)/t5-,7-,8-,9-,11+/m1/s1. The lowest BCUT2D eigenvalue weighted by atomic mass is 10.1. The van der Waals surface area contributed by atoms with Gasteiger partial charge in [0.05, 0.1) is 6.61 Å². The minimum absolute atomic E-state index is 0.0168. The molecule has 0 spiro atoms. The first-order chi connectivity index (χ1) is 10.7. The molecule has 0 radical (unpaired) electrons. The molecule has 2 saturated heterocycles. The monoisotopic (exact) mass is 349 g/mol. The number of nitrogen functional groups attached to an aromatic ring is 1. The summed E-state index contributed by atoms with van der Waals surface area (Å²) in [4.78, 5) is 34.3. The Balaban J connectivity index is 1.98. The summed E-state index contributed by atoms with van der Waals surface area (Å²) in [7, 11) is -4.76. The van der Waals surface area contributed by atoms with Gasteiger partial charge in [0, 0.05) is 13.1 Å². The number of aliphatic hydroxyl groups excluding tert-OH is 1. The average molecular weight is 349 g/mol. The summed E-state index contributed by atoms with van der Waals surface area (Å²) in [5.74, 6) is 0.0168. The van der Waals surface area contributed by atoms with Crippen molar-refractivity contribution >= 4 is 13.4 Å². The van der Waals surface area contributed by atoms with Crippen molar-refractivity contribution in [2.24, 2.45) is 0 Å². The fourth-order valence-corrected chi connectivity index (χ4v) is 3.15. The molecule has 128 valence electrons. The zero-order valence-corrected chi connectivity index (χ0v) is 12.9. The lowest BCUT2D eigenvalue weighted by Gasteiger charge is -2.27. The topological polar surface area (TPSA) is 166 Å². The van der Waals surface area contributed by atoms with Crippen molar-refractivity contribution in [2.45, 2.75) is 37.0 Å². The second-order valence-electron chi connectivity index (χ2n) is 5.40. The highest BCUT2D eigenvalue weighted by Crippen LogP contribution is 2.58. The van der Waals surface area contributed by atoms with E-state index in [0.717, 1.165) is 11.5 Å². The summed E-state index contributed by atoms with van der Waals surface area (Å²) >= 11 is 0. The highest BCUT2D eigenvalue weighted by Gasteiger charge is 2.63. The van der Waals surface area contributed by atoms with Crippen LogP contribution in [0.5, 0.6) is 0 Å². The number of anilines is 1. The number of aromatic nitrogens is 2. The van der Waals surface area contributed by atoms with E-state index in [2.05, 4.69) is 4.98 Å². The molecule has 11 nitrogen and oxygen atoms in total. The number of ether oxygens (including phenoxy) is 3. The van der Waals surface area contributed by atoms with Gasteiger partial charge in [-0.15, -0.1) is 0 Å². The molecule has 23 heavy (non-hydrogen) atoms. The average Bonchev–Trinajstić information content (AvgIpc) is 2.94. The van der Waals surface area contributed by atoms with E-state index in [4.69, 9.17) is 19.9 Å². The maximum Gasteiger partial charge on any atom is 0.384 e. The first-order valence-corrected chi connectivity index (χ1v) is 8.30. The zero-order chi connectivity index (χ0) is 17.0. The van der Waals surface area contributed by atoms with Gasteiger partial charge in [-0.1, -0.05) is 0 Å². The zero-order valence-electron chi connectivity index (χ0n) is 12.0. The quantitative estimate of drug-likeness (QED) is 0.464. The van der Waals surface area contributed by atoms with E-state index < -0.39 is 50.0 Å². The van der Waals surface area contributed by atoms with Gasteiger partial charge in [0.25, 0.3) is 5.53 Å². The molecule has 0 saturated carbocycles. The predicted molar refractivity (Wildman–Crippen MR) is 74.1 cm³/mol. The van der Waals surface area contributed by atoms with Gasteiger partial charge in [0.1, 0.15) is 24.1 Å². The Labute approximate surface area is 129 Å². The van der Waals surface area contributed by atoms with Crippen LogP contribution in [0.1, 0.15) is 13.2 Å². The SMILES string of the molecule is C[C@@]1(P(=O)(O)O)O[C@@H]2[C@H](O1)[C@@H](CO)O[C@H]2n1ccc(N)nc1=O. The van der Waals surface area contributed by atoms with Gasteiger partial charge in [-0.3, -0.25) is 9.13 Å². The molecular weight excluding hydrogens is 333 g/mol. The van der Waals surface area contributed by atoms with E-state index in [1.54, 1.807) is 0 Å². The summed E-state index contributed by atoms with van der Waals surface area (Å²) in [5, 5.41) is 9.39. The van der Waals surface area contributed by atoms with E-state index >= 15 is 0 Å². The fraction of sp³-hybridized carbons (Fsp3) is 0.636. The van der Waals surface area contributed by atoms with Crippen molar-refractivity contribution in [1.82, 2.24) is 9.55 Å². The molecule has 0 amide bonds. The van der Waals surface area contributed by atoms with Crippen LogP contribution in [-0.4, -0.2) is 54.9 Å². The first kappa shape index (κ1) is 16.5. The van der Waals surface area contributed by atoms with Gasteiger partial charge >= 0.3 is 13.3 Å². The molecule has 0 bridgehead atoms. The van der Waals surface area contributed by atoms with Crippen LogP contribution < -0.4 is 11.4 Å². The molecule has 0 unspecified atom stereocenters. The third kappa shape index (κ3) is 2.60. The van der Waals surface area contributed by atoms with Crippen molar-refractivity contribution in [2.75, 3.05) is 12.3 Å². The Kier molecular flexibility index (Phi) is 3.84. The van der Waals surface area contributed by atoms with Gasteiger partial charge in [-0.05, 0) is 6.07 Å². The maximum atomic E-state index is 11.9. The summed E-state index contributed by atoms with van der Waals surface area (Å²) in [6, 6.07) is 1.37. The maximum absolute atomic E-state index is 11.9. The third-order valence-electron chi connectivity index (χ3n) is 3.83. The van der Waals surface area contributed by atoms with Gasteiger partial charge in [-0.2, -0.15) is 4.98 Å². The van der Waals surface area contributed by atoms with E-state index in [1.807, 2.05) is 0 Å². The van der Waals surface area contributed by atoms with Crippen molar-refractivity contribution in [3.05, 3.63) is 22.7 Å². The molecule has 3 rings (SSSR count). The predicted octanol–water partition coefficient (Wildman–Crippen LogP) is -1.65. The molecular formula is C11H16N3O8P. The van der Waals surface area contributed by atoms with E-state index in [9.17, 15) is 24.3 Å². The summed E-state index contributed by atoms with van der Waals surface area (Å²) in [5.41, 5.74) is 2.52. The smallest absolute Gasteiger partial charge is 0.384 e. The number of aliphatic hydroxyl groups is 1. The molecule has 1 aromatic rings. The minimum Gasteiger partial charge on any atom is -0.394 e. The summed E-state index contributed by atoms with van der Waals surface area (Å²) in [6.07, 6.45) is -2.61. The first-order valence-electron chi connectivity index (χ1n) is 6.68. The van der Waals surface area contributed by atoms with Crippen molar-refractivity contribution in [1.29, 1.82) is 0 Å². The van der Waals surface area contributed by atoms with Gasteiger partial charge in [0.2, 0.25) is 0 Å². The highest BCUT2D eigenvalue weighted by atomic mass is 31.2. The van der Waals surface area contributed by atoms with E-state index in [1.165, 1.54) is 12.3 Å².